The largest absolute Gasteiger partial charge is 0.107 e. The summed E-state index contributed by atoms with van der Waals surface area (Å²) in [7, 11) is 0. The molecule has 0 aromatic rings. The van der Waals surface area contributed by atoms with Gasteiger partial charge in [0, 0.05) is 6.42 Å². The van der Waals surface area contributed by atoms with E-state index in [2.05, 4.69) is 57.0 Å². The van der Waals surface area contributed by atoms with Crippen molar-refractivity contribution in [3.63, 3.8) is 0 Å². The Kier molecular flexibility index (Phi) is 5.91. The Balaban J connectivity index is 3.08. The van der Waals surface area contributed by atoms with E-state index in [1.165, 1.54) is 0 Å². The molecule has 0 bridgehead atoms. The van der Waals surface area contributed by atoms with Crippen molar-refractivity contribution in [2.75, 3.05) is 0 Å². The molecule has 0 spiro atoms. The van der Waals surface area contributed by atoms with Crippen molar-refractivity contribution in [3.8, 4) is 11.8 Å². The summed E-state index contributed by atoms with van der Waals surface area (Å²) in [5.41, 5.74) is 0. The van der Waals surface area contributed by atoms with Gasteiger partial charge in [0.2, 0.25) is 0 Å². The van der Waals surface area contributed by atoms with E-state index in [0.717, 1.165) is 6.42 Å². The van der Waals surface area contributed by atoms with E-state index in [4.69, 9.17) is 0 Å². The van der Waals surface area contributed by atoms with Crippen molar-refractivity contribution in [2.45, 2.75) is 15.3 Å². The SMILES string of the molecule is CC#CCC(I)I. The second-order valence-electron chi connectivity index (χ2n) is 1.02. The lowest BCUT2D eigenvalue weighted by atomic mass is 10.5. The third-order valence-electron chi connectivity index (χ3n) is 0.433. The Morgan fingerprint density at radius 2 is 2.14 bits per heavy atom. The van der Waals surface area contributed by atoms with E-state index < -0.39 is 0 Å². The highest BCUT2D eigenvalue weighted by Crippen LogP contribution is 2.12. The van der Waals surface area contributed by atoms with Crippen LogP contribution in [0.25, 0.3) is 0 Å². The first-order valence-corrected chi connectivity index (χ1v) is 4.44. The lowest BCUT2D eigenvalue weighted by Crippen LogP contribution is -1.76. The summed E-state index contributed by atoms with van der Waals surface area (Å²) in [4.78, 5) is 0. The third-order valence-corrected chi connectivity index (χ3v) is 1.31. The van der Waals surface area contributed by atoms with Crippen LogP contribution in [0.2, 0.25) is 0 Å². The van der Waals surface area contributed by atoms with E-state index in [9.17, 15) is 0 Å². The van der Waals surface area contributed by atoms with Crippen LogP contribution in [0.4, 0.5) is 0 Å². The van der Waals surface area contributed by atoms with Crippen molar-refractivity contribution in [3.05, 3.63) is 0 Å². The Morgan fingerprint density at radius 1 is 1.57 bits per heavy atom. The summed E-state index contributed by atoms with van der Waals surface area (Å²) >= 11 is 4.70. The van der Waals surface area contributed by atoms with Gasteiger partial charge in [-0.25, -0.2) is 0 Å². The molecule has 0 fully saturated rings. The van der Waals surface area contributed by atoms with Gasteiger partial charge in [-0.2, -0.15) is 0 Å². The number of rotatable bonds is 1. The molecule has 0 aromatic carbocycles. The molecule has 0 unspecified atom stereocenters. The highest BCUT2D eigenvalue weighted by Gasteiger charge is 1.88. The molecule has 0 amide bonds. The monoisotopic (exact) mass is 320 g/mol. The van der Waals surface area contributed by atoms with Crippen LogP contribution in [0, 0.1) is 11.8 Å². The van der Waals surface area contributed by atoms with Gasteiger partial charge >= 0.3 is 0 Å². The van der Waals surface area contributed by atoms with Crippen molar-refractivity contribution >= 4 is 45.2 Å². The second-order valence-corrected chi connectivity index (χ2v) is 6.41. The van der Waals surface area contributed by atoms with Crippen molar-refractivity contribution in [1.82, 2.24) is 0 Å². The first-order chi connectivity index (χ1) is 3.27. The van der Waals surface area contributed by atoms with E-state index in [-0.39, 0.29) is 0 Å². The molecular formula is C5H6I2. The number of halogens is 2. The van der Waals surface area contributed by atoms with Crippen molar-refractivity contribution in [1.29, 1.82) is 0 Å². The topological polar surface area (TPSA) is 0 Å². The fraction of sp³-hybridized carbons (Fsp3) is 0.600. The minimum atomic E-state index is 0.669. The molecular weight excluding hydrogens is 314 g/mol. The summed E-state index contributed by atoms with van der Waals surface area (Å²) in [6, 6.07) is 0. The van der Waals surface area contributed by atoms with E-state index in [0.29, 0.717) is 1.93 Å². The van der Waals surface area contributed by atoms with E-state index in [1.807, 2.05) is 6.92 Å². The van der Waals surface area contributed by atoms with E-state index in [1.54, 1.807) is 0 Å². The third kappa shape index (κ3) is 7.02. The summed E-state index contributed by atoms with van der Waals surface area (Å²) in [6.45, 7) is 1.87. The molecule has 0 aliphatic rings. The first-order valence-electron chi connectivity index (χ1n) is 1.95. The van der Waals surface area contributed by atoms with Gasteiger partial charge in [0.05, 0.1) is 1.93 Å². The maximum Gasteiger partial charge on any atom is 0.0735 e. The molecule has 0 saturated heterocycles. The zero-order chi connectivity index (χ0) is 5.70. The van der Waals surface area contributed by atoms with Gasteiger partial charge in [0.25, 0.3) is 0 Å². The van der Waals surface area contributed by atoms with Gasteiger partial charge in [0.15, 0.2) is 0 Å². The highest BCUT2D eigenvalue weighted by atomic mass is 127. The van der Waals surface area contributed by atoms with Gasteiger partial charge in [-0.3, -0.25) is 0 Å². The summed E-state index contributed by atoms with van der Waals surface area (Å²) in [5, 5.41) is 0. The average Bonchev–Trinajstić information content (AvgIpc) is 1.61. The molecule has 0 rings (SSSR count). The van der Waals surface area contributed by atoms with Crippen LogP contribution < -0.4 is 0 Å². The molecule has 0 heterocycles. The van der Waals surface area contributed by atoms with E-state index >= 15 is 0 Å². The molecule has 0 radical (unpaired) electrons. The van der Waals surface area contributed by atoms with Gasteiger partial charge in [-0.1, -0.05) is 45.2 Å². The number of hydrogen-bond donors (Lipinski definition) is 0. The van der Waals surface area contributed by atoms with Gasteiger partial charge in [-0.15, -0.1) is 11.8 Å². The molecule has 7 heavy (non-hydrogen) atoms. The predicted octanol–water partition coefficient (Wildman–Crippen LogP) is 2.60. The average molecular weight is 320 g/mol. The lowest BCUT2D eigenvalue weighted by Gasteiger charge is -1.86. The normalized spacial score (nSPS) is 8.00. The maximum atomic E-state index is 2.98. The molecule has 0 nitrogen and oxygen atoms in total. The van der Waals surface area contributed by atoms with Crippen LogP contribution in [0.5, 0.6) is 0 Å². The van der Waals surface area contributed by atoms with Crippen LogP contribution in [0.3, 0.4) is 0 Å². The predicted molar refractivity (Wildman–Crippen MR) is 49.9 cm³/mol. The molecule has 0 aliphatic heterocycles. The molecule has 0 N–H and O–H groups in total. The molecule has 0 aromatic heterocycles. The maximum absolute atomic E-state index is 2.98. The Hall–Kier alpha value is 1.02. The summed E-state index contributed by atoms with van der Waals surface area (Å²) in [5.74, 6) is 5.82. The minimum Gasteiger partial charge on any atom is -0.107 e. The van der Waals surface area contributed by atoms with Crippen LogP contribution in [0.15, 0.2) is 0 Å². The van der Waals surface area contributed by atoms with Crippen LogP contribution in [-0.2, 0) is 0 Å². The first kappa shape index (κ1) is 8.02. The molecule has 40 valence electrons. The van der Waals surface area contributed by atoms with Crippen LogP contribution in [0.1, 0.15) is 13.3 Å². The standard InChI is InChI=1S/C5H6I2/c1-2-3-4-5(6)7/h5H,4H2,1H3. The van der Waals surface area contributed by atoms with Gasteiger partial charge < -0.3 is 0 Å². The Labute approximate surface area is 71.7 Å². The van der Waals surface area contributed by atoms with Crippen molar-refractivity contribution in [2.24, 2.45) is 0 Å². The lowest BCUT2D eigenvalue weighted by molar-refractivity contribution is 1.30. The molecule has 0 aliphatic carbocycles. The number of alkyl halides is 2. The smallest absolute Gasteiger partial charge is 0.0735 e. The second kappa shape index (κ2) is 5.16. The molecule has 0 atom stereocenters. The van der Waals surface area contributed by atoms with Gasteiger partial charge in [-0.05, 0) is 6.92 Å². The molecule has 0 saturated carbocycles. The number of hydrogen-bond acceptors (Lipinski definition) is 0. The summed E-state index contributed by atoms with van der Waals surface area (Å²) < 4.78 is 0.669. The van der Waals surface area contributed by atoms with Crippen LogP contribution >= 0.6 is 45.2 Å². The zero-order valence-electron chi connectivity index (χ0n) is 4.04. The molecule has 2 heteroatoms. The van der Waals surface area contributed by atoms with Crippen molar-refractivity contribution < 1.29 is 0 Å². The van der Waals surface area contributed by atoms with Crippen LogP contribution in [-0.4, -0.2) is 1.93 Å². The highest BCUT2D eigenvalue weighted by molar-refractivity contribution is 14.2. The Morgan fingerprint density at radius 3 is 2.29 bits per heavy atom. The minimum absolute atomic E-state index is 0.669. The Bertz CT molecular complexity index is 86.0. The van der Waals surface area contributed by atoms with Gasteiger partial charge in [0.1, 0.15) is 0 Å². The summed E-state index contributed by atoms with van der Waals surface area (Å²) in [6.07, 6.45) is 1.01. The quantitative estimate of drug-likeness (QED) is 0.396. The fourth-order valence-corrected chi connectivity index (χ4v) is 0.620. The fourth-order valence-electron chi connectivity index (χ4n) is 0.179. The zero-order valence-corrected chi connectivity index (χ0v) is 8.36.